The molecule has 2 rings (SSSR count). The number of nitrogens with one attached hydrogen (secondary N) is 1. The topological polar surface area (TPSA) is 66.5 Å². The van der Waals surface area contributed by atoms with Crippen LogP contribution in [0.4, 0.5) is 0 Å². The zero-order valence-corrected chi connectivity index (χ0v) is 16.9. The van der Waals surface area contributed by atoms with Crippen molar-refractivity contribution in [1.82, 2.24) is 20.4 Å². The predicted octanol–water partition coefficient (Wildman–Crippen LogP) is 2.19. The van der Waals surface area contributed by atoms with E-state index in [-0.39, 0.29) is 24.0 Å². The maximum absolute atomic E-state index is 5.12. The lowest BCUT2D eigenvalue weighted by Gasteiger charge is -2.36. The summed E-state index contributed by atoms with van der Waals surface area (Å²) in [7, 11) is 1.84. The number of halogens is 1. The maximum atomic E-state index is 5.12. The second kappa shape index (κ2) is 9.59. The van der Waals surface area contributed by atoms with Crippen molar-refractivity contribution in [1.29, 1.82) is 0 Å². The van der Waals surface area contributed by atoms with Crippen LogP contribution in [0.25, 0.3) is 0 Å². The second-order valence-electron chi connectivity index (χ2n) is 5.56. The van der Waals surface area contributed by atoms with Gasteiger partial charge in [-0.15, -0.1) is 24.0 Å². The van der Waals surface area contributed by atoms with Crippen molar-refractivity contribution in [2.24, 2.45) is 10.9 Å². The van der Waals surface area contributed by atoms with Gasteiger partial charge < -0.3 is 14.7 Å². The molecule has 126 valence electrons. The summed E-state index contributed by atoms with van der Waals surface area (Å²) in [4.78, 5) is 11.0. The van der Waals surface area contributed by atoms with Gasteiger partial charge in [0, 0.05) is 44.1 Å². The number of thioether (sulfide) groups is 1. The van der Waals surface area contributed by atoms with E-state index in [9.17, 15) is 0 Å². The summed E-state index contributed by atoms with van der Waals surface area (Å²) in [6.45, 7) is 9.26. The monoisotopic (exact) mass is 439 g/mol. The van der Waals surface area contributed by atoms with Gasteiger partial charge in [-0.3, -0.25) is 4.99 Å². The summed E-state index contributed by atoms with van der Waals surface area (Å²) in [6, 6.07) is 0. The number of nitrogens with zero attached hydrogens (tertiary/aromatic N) is 4. The summed E-state index contributed by atoms with van der Waals surface area (Å²) in [5.41, 5.74) is 0. The molecule has 1 saturated heterocycles. The van der Waals surface area contributed by atoms with Crippen LogP contribution in [-0.4, -0.2) is 58.7 Å². The molecule has 1 atom stereocenters. The summed E-state index contributed by atoms with van der Waals surface area (Å²) in [5.74, 6) is 4.17. The third-order valence-electron chi connectivity index (χ3n) is 3.54. The van der Waals surface area contributed by atoms with Crippen LogP contribution in [-0.2, 0) is 6.42 Å². The van der Waals surface area contributed by atoms with Gasteiger partial charge in [0.25, 0.3) is 0 Å². The minimum absolute atomic E-state index is 0. The Balaban J connectivity index is 0.00000242. The van der Waals surface area contributed by atoms with Gasteiger partial charge in [0.2, 0.25) is 5.89 Å². The van der Waals surface area contributed by atoms with Crippen molar-refractivity contribution >= 4 is 41.7 Å². The minimum atomic E-state index is 0. The van der Waals surface area contributed by atoms with E-state index in [0.717, 1.165) is 37.8 Å². The largest absolute Gasteiger partial charge is 0.356 e. The first-order valence-electron chi connectivity index (χ1n) is 7.46. The number of guanidine groups is 1. The van der Waals surface area contributed by atoms with Gasteiger partial charge >= 0.3 is 0 Å². The van der Waals surface area contributed by atoms with Gasteiger partial charge in [-0.05, 0) is 12.8 Å². The normalized spacial score (nSPS) is 19.2. The molecule has 6 nitrogen and oxygen atoms in total. The Morgan fingerprint density at radius 1 is 1.55 bits per heavy atom. The molecule has 0 bridgehead atoms. The fraction of sp³-hybridized carbons (Fsp3) is 0.786. The van der Waals surface area contributed by atoms with E-state index < -0.39 is 0 Å². The Morgan fingerprint density at radius 3 is 2.91 bits per heavy atom. The smallest absolute Gasteiger partial charge is 0.228 e. The van der Waals surface area contributed by atoms with Crippen LogP contribution in [0, 0.1) is 12.8 Å². The number of aliphatic imine (C=N–C) groups is 1. The average Bonchev–Trinajstić information content (AvgIpc) is 2.89. The average molecular weight is 439 g/mol. The summed E-state index contributed by atoms with van der Waals surface area (Å²) in [5, 5.41) is 7.87. The molecule has 0 radical (unpaired) electrons. The number of aromatic nitrogens is 2. The van der Waals surface area contributed by atoms with Crippen molar-refractivity contribution in [2.45, 2.75) is 32.4 Å². The number of aryl methyl sites for hydroxylation is 1. The summed E-state index contributed by atoms with van der Waals surface area (Å²) >= 11 is 2.07. The van der Waals surface area contributed by atoms with Gasteiger partial charge in [-0.1, -0.05) is 19.0 Å². The molecule has 0 saturated carbocycles. The SMILES string of the molecule is CN=C(NCCc1nc(C)no1)N1CCSC(C(C)C)C1.I. The fourth-order valence-electron chi connectivity index (χ4n) is 2.33. The molecule has 1 fully saturated rings. The first-order chi connectivity index (χ1) is 10.1. The molecule has 1 aliphatic rings. The third kappa shape index (κ3) is 5.60. The van der Waals surface area contributed by atoms with Crippen molar-refractivity contribution in [2.75, 3.05) is 32.4 Å². The van der Waals surface area contributed by atoms with Crippen LogP contribution >= 0.6 is 35.7 Å². The molecule has 1 N–H and O–H groups in total. The molecule has 1 aromatic rings. The minimum Gasteiger partial charge on any atom is -0.356 e. The molecule has 2 heterocycles. The second-order valence-corrected chi connectivity index (χ2v) is 6.91. The van der Waals surface area contributed by atoms with Crippen LogP contribution in [0.5, 0.6) is 0 Å². The molecule has 0 aromatic carbocycles. The highest BCUT2D eigenvalue weighted by Gasteiger charge is 2.24. The lowest BCUT2D eigenvalue weighted by Crippen LogP contribution is -2.49. The summed E-state index contributed by atoms with van der Waals surface area (Å²) in [6.07, 6.45) is 0.718. The van der Waals surface area contributed by atoms with Crippen LogP contribution in [0.1, 0.15) is 25.6 Å². The van der Waals surface area contributed by atoms with Crippen molar-refractivity contribution in [3.05, 3.63) is 11.7 Å². The van der Waals surface area contributed by atoms with Crippen molar-refractivity contribution in [3.8, 4) is 0 Å². The van der Waals surface area contributed by atoms with Gasteiger partial charge in [0.1, 0.15) is 0 Å². The zero-order chi connectivity index (χ0) is 15.2. The molecule has 1 aliphatic heterocycles. The quantitative estimate of drug-likeness (QED) is 0.441. The van der Waals surface area contributed by atoms with Gasteiger partial charge in [0.15, 0.2) is 11.8 Å². The van der Waals surface area contributed by atoms with Crippen LogP contribution in [0.3, 0.4) is 0 Å². The Bertz CT molecular complexity index is 480. The standard InChI is InChI=1S/C14H25N5OS.HI/c1-10(2)12-9-19(7-8-21-12)14(15-4)16-6-5-13-17-11(3)18-20-13;/h10,12H,5-9H2,1-4H3,(H,15,16);1H. The highest BCUT2D eigenvalue weighted by atomic mass is 127. The Hall–Kier alpha value is -0.510. The van der Waals surface area contributed by atoms with Gasteiger partial charge in [-0.25, -0.2) is 0 Å². The first-order valence-corrected chi connectivity index (χ1v) is 8.51. The number of hydrogen-bond donors (Lipinski definition) is 1. The third-order valence-corrected chi connectivity index (χ3v) is 5.08. The molecule has 0 spiro atoms. The molecule has 0 aliphatic carbocycles. The summed E-state index contributed by atoms with van der Waals surface area (Å²) < 4.78 is 5.12. The Labute approximate surface area is 153 Å². The molecular weight excluding hydrogens is 413 g/mol. The van der Waals surface area contributed by atoms with Crippen LogP contribution in [0.15, 0.2) is 9.52 Å². The van der Waals surface area contributed by atoms with Crippen molar-refractivity contribution in [3.63, 3.8) is 0 Å². The molecule has 22 heavy (non-hydrogen) atoms. The lowest BCUT2D eigenvalue weighted by molar-refractivity contribution is 0.367. The first kappa shape index (κ1) is 19.5. The highest BCUT2D eigenvalue weighted by molar-refractivity contribution is 14.0. The molecule has 1 aromatic heterocycles. The van der Waals surface area contributed by atoms with Gasteiger partial charge in [0.05, 0.1) is 0 Å². The highest BCUT2D eigenvalue weighted by Crippen LogP contribution is 2.24. The fourth-order valence-corrected chi connectivity index (χ4v) is 3.63. The Kier molecular flexibility index (Phi) is 8.52. The number of hydrogen-bond acceptors (Lipinski definition) is 5. The Morgan fingerprint density at radius 2 is 2.32 bits per heavy atom. The maximum Gasteiger partial charge on any atom is 0.228 e. The van der Waals surface area contributed by atoms with Crippen LogP contribution in [0.2, 0.25) is 0 Å². The van der Waals surface area contributed by atoms with Gasteiger partial charge in [-0.2, -0.15) is 16.7 Å². The van der Waals surface area contributed by atoms with E-state index in [1.54, 1.807) is 0 Å². The van der Waals surface area contributed by atoms with E-state index in [4.69, 9.17) is 4.52 Å². The molecule has 0 amide bonds. The van der Waals surface area contributed by atoms with E-state index in [1.165, 1.54) is 0 Å². The lowest BCUT2D eigenvalue weighted by atomic mass is 10.1. The zero-order valence-electron chi connectivity index (χ0n) is 13.7. The predicted molar refractivity (Wildman–Crippen MR) is 102 cm³/mol. The van der Waals surface area contributed by atoms with Crippen LogP contribution < -0.4 is 5.32 Å². The van der Waals surface area contributed by atoms with E-state index in [0.29, 0.717) is 22.9 Å². The molecular formula is C14H26IN5OS. The molecule has 8 heteroatoms. The number of rotatable bonds is 4. The molecule has 1 unspecified atom stereocenters. The van der Waals surface area contributed by atoms with E-state index in [1.807, 2.05) is 14.0 Å². The van der Waals surface area contributed by atoms with Crippen molar-refractivity contribution < 1.29 is 4.52 Å². The van der Waals surface area contributed by atoms with E-state index >= 15 is 0 Å². The van der Waals surface area contributed by atoms with E-state index in [2.05, 4.69) is 51.0 Å².